The number of H-pyrrole nitrogens is 1. The van der Waals surface area contributed by atoms with Crippen molar-refractivity contribution in [1.82, 2.24) is 14.5 Å². The Balaban J connectivity index is 1.79. The van der Waals surface area contributed by atoms with Gasteiger partial charge in [-0.15, -0.1) is 0 Å². The number of nitrogens with zero attached hydrogens (tertiary/aromatic N) is 3. The lowest BCUT2D eigenvalue weighted by atomic mass is 10.1. The standard InChI is InChI=1S/C22H17FN4O/c1-13-9-15(14(2)27(13)18-4-6-19(28)7-5-18)10-16(12-24)22-25-20-8-3-17(23)11-21(20)26-22/h3-11,28H,1-2H3,(H,25,26)/b16-10-. The summed E-state index contributed by atoms with van der Waals surface area (Å²) in [5.74, 6) is 0.250. The van der Waals surface area contributed by atoms with Gasteiger partial charge >= 0.3 is 0 Å². The van der Waals surface area contributed by atoms with Crippen molar-refractivity contribution < 1.29 is 9.50 Å². The molecule has 0 aliphatic carbocycles. The molecule has 0 aliphatic rings. The van der Waals surface area contributed by atoms with E-state index < -0.39 is 0 Å². The number of benzene rings is 2. The third-order valence-electron chi connectivity index (χ3n) is 4.70. The third kappa shape index (κ3) is 3.03. The number of fused-ring (bicyclic) bond motifs is 1. The molecule has 2 aromatic heterocycles. The maximum Gasteiger partial charge on any atom is 0.149 e. The maximum atomic E-state index is 13.4. The molecular formula is C22H17FN4O. The third-order valence-corrected chi connectivity index (χ3v) is 4.70. The van der Waals surface area contributed by atoms with Crippen LogP contribution < -0.4 is 0 Å². The predicted molar refractivity (Wildman–Crippen MR) is 106 cm³/mol. The van der Waals surface area contributed by atoms with Crippen molar-refractivity contribution in [3.8, 4) is 17.5 Å². The quantitative estimate of drug-likeness (QED) is 0.503. The van der Waals surface area contributed by atoms with Crippen molar-refractivity contribution in [3.63, 3.8) is 0 Å². The number of allylic oxidation sites excluding steroid dienone is 1. The van der Waals surface area contributed by atoms with Crippen molar-refractivity contribution in [2.75, 3.05) is 0 Å². The number of aromatic hydroxyl groups is 1. The molecule has 138 valence electrons. The van der Waals surface area contributed by atoms with Crippen LogP contribution in [0.5, 0.6) is 5.75 Å². The lowest BCUT2D eigenvalue weighted by molar-refractivity contribution is 0.475. The summed E-state index contributed by atoms with van der Waals surface area (Å²) in [6, 6.07) is 15.4. The number of phenolic OH excluding ortho intramolecular Hbond substituents is 1. The van der Waals surface area contributed by atoms with Gasteiger partial charge in [0.05, 0.1) is 16.6 Å². The molecule has 0 atom stereocenters. The second-order valence-corrected chi connectivity index (χ2v) is 6.59. The fourth-order valence-corrected chi connectivity index (χ4v) is 3.35. The first kappa shape index (κ1) is 17.6. The van der Waals surface area contributed by atoms with Crippen molar-refractivity contribution in [1.29, 1.82) is 5.26 Å². The van der Waals surface area contributed by atoms with Crippen LogP contribution in [0.15, 0.2) is 48.5 Å². The van der Waals surface area contributed by atoms with E-state index in [0.717, 1.165) is 22.6 Å². The molecule has 2 heterocycles. The first-order chi connectivity index (χ1) is 13.5. The average Bonchev–Trinajstić information content (AvgIpc) is 3.20. The van der Waals surface area contributed by atoms with Crippen LogP contribution in [0.2, 0.25) is 0 Å². The van der Waals surface area contributed by atoms with Gasteiger partial charge in [-0.3, -0.25) is 0 Å². The molecule has 0 saturated heterocycles. The van der Waals surface area contributed by atoms with Crippen LogP contribution in [0, 0.1) is 31.0 Å². The summed E-state index contributed by atoms with van der Waals surface area (Å²) in [6.07, 6.45) is 1.77. The first-order valence-corrected chi connectivity index (χ1v) is 8.72. The Hall–Kier alpha value is -3.85. The van der Waals surface area contributed by atoms with E-state index in [1.807, 2.05) is 36.6 Å². The minimum atomic E-state index is -0.359. The van der Waals surface area contributed by atoms with Crippen LogP contribution in [-0.2, 0) is 0 Å². The molecule has 28 heavy (non-hydrogen) atoms. The highest BCUT2D eigenvalue weighted by molar-refractivity contribution is 5.90. The Morgan fingerprint density at radius 3 is 2.64 bits per heavy atom. The molecule has 0 unspecified atom stereocenters. The van der Waals surface area contributed by atoms with Crippen LogP contribution in [-0.4, -0.2) is 19.6 Å². The van der Waals surface area contributed by atoms with Crippen molar-refractivity contribution in [3.05, 3.63) is 77.1 Å². The molecule has 4 aromatic rings. The zero-order valence-corrected chi connectivity index (χ0v) is 15.4. The summed E-state index contributed by atoms with van der Waals surface area (Å²) >= 11 is 0. The van der Waals surface area contributed by atoms with Gasteiger partial charge < -0.3 is 14.7 Å². The first-order valence-electron chi connectivity index (χ1n) is 8.72. The Morgan fingerprint density at radius 1 is 1.18 bits per heavy atom. The summed E-state index contributed by atoms with van der Waals surface area (Å²) in [5, 5.41) is 19.2. The number of nitriles is 1. The number of hydrogen-bond donors (Lipinski definition) is 2. The van der Waals surface area contributed by atoms with Crippen LogP contribution >= 0.6 is 0 Å². The number of aryl methyl sites for hydroxylation is 1. The Morgan fingerprint density at radius 2 is 1.93 bits per heavy atom. The summed E-state index contributed by atoms with van der Waals surface area (Å²) in [7, 11) is 0. The summed E-state index contributed by atoms with van der Waals surface area (Å²) in [6.45, 7) is 3.95. The normalized spacial score (nSPS) is 11.7. The van der Waals surface area contributed by atoms with Crippen molar-refractivity contribution in [2.24, 2.45) is 0 Å². The van der Waals surface area contributed by atoms with E-state index in [9.17, 15) is 14.8 Å². The molecule has 0 saturated carbocycles. The molecule has 6 heteroatoms. The van der Waals surface area contributed by atoms with E-state index in [2.05, 4.69) is 16.0 Å². The molecule has 0 bridgehead atoms. The van der Waals surface area contributed by atoms with Gasteiger partial charge in [0.25, 0.3) is 0 Å². The molecule has 0 aliphatic heterocycles. The fourth-order valence-electron chi connectivity index (χ4n) is 3.35. The zero-order chi connectivity index (χ0) is 19.8. The maximum absolute atomic E-state index is 13.4. The predicted octanol–water partition coefficient (Wildman–Crippen LogP) is 4.88. The molecule has 4 rings (SSSR count). The van der Waals surface area contributed by atoms with Crippen LogP contribution in [0.3, 0.4) is 0 Å². The fraction of sp³-hybridized carbons (Fsp3) is 0.0909. The van der Waals surface area contributed by atoms with E-state index in [4.69, 9.17) is 0 Å². The van der Waals surface area contributed by atoms with E-state index in [-0.39, 0.29) is 11.6 Å². The molecule has 5 nitrogen and oxygen atoms in total. The Kier molecular flexibility index (Phi) is 4.21. The second-order valence-electron chi connectivity index (χ2n) is 6.59. The van der Waals surface area contributed by atoms with Crippen molar-refractivity contribution >= 4 is 22.7 Å². The topological polar surface area (TPSA) is 77.6 Å². The van der Waals surface area contributed by atoms with Gasteiger partial charge in [-0.2, -0.15) is 5.26 Å². The number of phenols is 1. The van der Waals surface area contributed by atoms with Crippen molar-refractivity contribution in [2.45, 2.75) is 13.8 Å². The highest BCUT2D eigenvalue weighted by atomic mass is 19.1. The minimum Gasteiger partial charge on any atom is -0.508 e. The SMILES string of the molecule is Cc1cc(/C=C(/C#N)c2nc3ccc(F)cc3[nH]2)c(C)n1-c1ccc(O)cc1. The molecule has 2 aromatic carbocycles. The number of aromatic nitrogens is 3. The largest absolute Gasteiger partial charge is 0.508 e. The lowest BCUT2D eigenvalue weighted by Gasteiger charge is -2.09. The number of halogens is 1. The average molecular weight is 372 g/mol. The number of hydrogen-bond acceptors (Lipinski definition) is 3. The Labute approximate surface area is 161 Å². The van der Waals surface area contributed by atoms with E-state index in [1.54, 1.807) is 24.3 Å². The van der Waals surface area contributed by atoms with Crippen LogP contribution in [0.1, 0.15) is 22.8 Å². The van der Waals surface area contributed by atoms with Gasteiger partial charge in [-0.25, -0.2) is 9.37 Å². The van der Waals surface area contributed by atoms with Crippen LogP contribution in [0.25, 0.3) is 28.4 Å². The molecular weight excluding hydrogens is 355 g/mol. The molecule has 2 N–H and O–H groups in total. The summed E-state index contributed by atoms with van der Waals surface area (Å²) in [4.78, 5) is 7.41. The second kappa shape index (κ2) is 6.71. The molecule has 0 spiro atoms. The van der Waals surface area contributed by atoms with Gasteiger partial charge in [0.2, 0.25) is 0 Å². The Bertz CT molecular complexity index is 1260. The van der Waals surface area contributed by atoms with Gasteiger partial charge in [0, 0.05) is 17.1 Å². The highest BCUT2D eigenvalue weighted by Gasteiger charge is 2.13. The molecule has 0 fully saturated rings. The van der Waals surface area contributed by atoms with E-state index in [0.29, 0.717) is 22.4 Å². The number of rotatable bonds is 3. The monoisotopic (exact) mass is 372 g/mol. The number of imidazole rings is 1. The van der Waals surface area contributed by atoms with E-state index >= 15 is 0 Å². The van der Waals surface area contributed by atoms with E-state index in [1.165, 1.54) is 12.1 Å². The van der Waals surface area contributed by atoms with Crippen LogP contribution in [0.4, 0.5) is 4.39 Å². The molecule has 0 radical (unpaired) electrons. The van der Waals surface area contributed by atoms with Gasteiger partial charge in [-0.1, -0.05) is 0 Å². The highest BCUT2D eigenvalue weighted by Crippen LogP contribution is 2.26. The van der Waals surface area contributed by atoms with Gasteiger partial charge in [-0.05, 0) is 74.0 Å². The van der Waals surface area contributed by atoms with Gasteiger partial charge in [0.1, 0.15) is 23.5 Å². The smallest absolute Gasteiger partial charge is 0.149 e. The minimum absolute atomic E-state index is 0.208. The zero-order valence-electron chi connectivity index (χ0n) is 15.4. The number of aromatic amines is 1. The number of nitrogens with one attached hydrogen (secondary N) is 1. The summed E-state index contributed by atoms with van der Waals surface area (Å²) in [5.41, 5.74) is 5.27. The lowest BCUT2D eigenvalue weighted by Crippen LogP contribution is -1.98. The van der Waals surface area contributed by atoms with Gasteiger partial charge in [0.15, 0.2) is 0 Å². The molecule has 0 amide bonds. The summed E-state index contributed by atoms with van der Waals surface area (Å²) < 4.78 is 15.5.